The molecule has 0 aromatic heterocycles. The van der Waals surface area contributed by atoms with E-state index in [1.54, 1.807) is 0 Å². The quantitative estimate of drug-likeness (QED) is 0.815. The summed E-state index contributed by atoms with van der Waals surface area (Å²) >= 11 is 0. The molecule has 1 aliphatic heterocycles. The molecule has 1 aromatic rings. The van der Waals surface area contributed by atoms with E-state index in [4.69, 9.17) is 5.11 Å². The summed E-state index contributed by atoms with van der Waals surface area (Å²) in [6.45, 7) is 0.599. The number of hydrogen-bond acceptors (Lipinski definition) is 3. The van der Waals surface area contributed by atoms with Crippen molar-refractivity contribution in [3.05, 3.63) is 29.8 Å². The maximum atomic E-state index is 12.1. The Bertz CT molecular complexity index is 406. The SMILES string of the molecule is CN(CCO)C1CCc2ccccc2NC1=O. The standard InChI is InChI=1S/C13H18N2O2/c1-15(8-9-16)12-7-6-10-4-2-3-5-11(10)14-13(12)17/h2-5,12,16H,6-9H2,1H3,(H,14,17). The Kier molecular flexibility index (Phi) is 3.76. The van der Waals surface area contributed by atoms with Crippen LogP contribution in [-0.4, -0.2) is 42.2 Å². The van der Waals surface area contributed by atoms with E-state index in [0.29, 0.717) is 6.54 Å². The van der Waals surface area contributed by atoms with Crippen molar-refractivity contribution in [3.63, 3.8) is 0 Å². The van der Waals surface area contributed by atoms with Gasteiger partial charge >= 0.3 is 0 Å². The minimum Gasteiger partial charge on any atom is -0.395 e. The molecule has 0 saturated heterocycles. The average molecular weight is 234 g/mol. The van der Waals surface area contributed by atoms with Gasteiger partial charge in [-0.05, 0) is 31.5 Å². The summed E-state index contributed by atoms with van der Waals surface area (Å²) in [4.78, 5) is 14.0. The smallest absolute Gasteiger partial charge is 0.241 e. The lowest BCUT2D eigenvalue weighted by Gasteiger charge is -2.24. The van der Waals surface area contributed by atoms with Crippen molar-refractivity contribution in [3.8, 4) is 0 Å². The fourth-order valence-corrected chi connectivity index (χ4v) is 2.23. The third-order valence-electron chi connectivity index (χ3n) is 3.25. The largest absolute Gasteiger partial charge is 0.395 e. The predicted molar refractivity (Wildman–Crippen MR) is 66.9 cm³/mol. The number of fused-ring (bicyclic) bond motifs is 1. The predicted octanol–water partition coefficient (Wildman–Crippen LogP) is 0.864. The van der Waals surface area contributed by atoms with Crippen LogP contribution in [0, 0.1) is 0 Å². The summed E-state index contributed by atoms with van der Waals surface area (Å²) < 4.78 is 0. The molecule has 1 atom stereocenters. The number of aryl methyl sites for hydroxylation is 1. The van der Waals surface area contributed by atoms with Gasteiger partial charge in [0.05, 0.1) is 12.6 Å². The zero-order chi connectivity index (χ0) is 12.3. The number of aliphatic hydroxyl groups excluding tert-OH is 1. The minimum absolute atomic E-state index is 0.0194. The van der Waals surface area contributed by atoms with E-state index >= 15 is 0 Å². The average Bonchev–Trinajstić information content (AvgIpc) is 2.47. The lowest BCUT2D eigenvalue weighted by atomic mass is 10.1. The maximum absolute atomic E-state index is 12.1. The molecular weight excluding hydrogens is 216 g/mol. The highest BCUT2D eigenvalue weighted by Crippen LogP contribution is 2.23. The van der Waals surface area contributed by atoms with Gasteiger partial charge in [-0.1, -0.05) is 18.2 Å². The molecule has 17 heavy (non-hydrogen) atoms. The molecule has 1 heterocycles. The van der Waals surface area contributed by atoms with Crippen LogP contribution in [0.3, 0.4) is 0 Å². The number of carbonyl (C=O) groups excluding carboxylic acids is 1. The molecule has 4 nitrogen and oxygen atoms in total. The third-order valence-corrected chi connectivity index (χ3v) is 3.25. The fourth-order valence-electron chi connectivity index (χ4n) is 2.23. The number of nitrogens with zero attached hydrogens (tertiary/aromatic N) is 1. The van der Waals surface area contributed by atoms with Gasteiger partial charge in [0.1, 0.15) is 0 Å². The van der Waals surface area contributed by atoms with Crippen LogP contribution in [0.25, 0.3) is 0 Å². The number of carbonyl (C=O) groups is 1. The number of hydrogen-bond donors (Lipinski definition) is 2. The van der Waals surface area contributed by atoms with Gasteiger partial charge in [0, 0.05) is 12.2 Å². The fraction of sp³-hybridized carbons (Fsp3) is 0.462. The molecule has 0 bridgehead atoms. The van der Waals surface area contributed by atoms with Gasteiger partial charge in [0.2, 0.25) is 5.91 Å². The molecule has 4 heteroatoms. The highest BCUT2D eigenvalue weighted by Gasteiger charge is 2.26. The van der Waals surface area contributed by atoms with Gasteiger partial charge in [0.15, 0.2) is 0 Å². The molecule has 0 radical (unpaired) electrons. The van der Waals surface area contributed by atoms with Gasteiger partial charge < -0.3 is 10.4 Å². The highest BCUT2D eigenvalue weighted by molar-refractivity contribution is 5.96. The summed E-state index contributed by atoms with van der Waals surface area (Å²) in [5.41, 5.74) is 2.10. The molecule has 0 fully saturated rings. The lowest BCUT2D eigenvalue weighted by molar-refractivity contribution is -0.121. The van der Waals surface area contributed by atoms with Gasteiger partial charge in [-0.25, -0.2) is 0 Å². The van der Waals surface area contributed by atoms with Crippen LogP contribution in [-0.2, 0) is 11.2 Å². The number of anilines is 1. The second-order valence-electron chi connectivity index (χ2n) is 4.41. The van der Waals surface area contributed by atoms with Gasteiger partial charge in [-0.2, -0.15) is 0 Å². The normalized spacial score (nSPS) is 19.7. The zero-order valence-electron chi connectivity index (χ0n) is 10.0. The van der Waals surface area contributed by atoms with Crippen molar-refractivity contribution in [1.82, 2.24) is 4.90 Å². The lowest BCUT2D eigenvalue weighted by Crippen LogP contribution is -2.42. The van der Waals surface area contributed by atoms with Crippen LogP contribution in [0.5, 0.6) is 0 Å². The van der Waals surface area contributed by atoms with E-state index in [-0.39, 0.29) is 18.6 Å². The van der Waals surface area contributed by atoms with Gasteiger partial charge in [-0.3, -0.25) is 9.69 Å². The molecule has 2 N–H and O–H groups in total. The molecule has 92 valence electrons. The van der Waals surface area contributed by atoms with E-state index in [9.17, 15) is 4.79 Å². The first kappa shape index (κ1) is 12.1. The van der Waals surface area contributed by atoms with E-state index in [1.165, 1.54) is 5.56 Å². The highest BCUT2D eigenvalue weighted by atomic mass is 16.3. The van der Waals surface area contributed by atoms with Crippen LogP contribution in [0.15, 0.2) is 24.3 Å². The molecular formula is C13H18N2O2. The Morgan fingerprint density at radius 2 is 2.24 bits per heavy atom. The molecule has 0 spiro atoms. The Morgan fingerprint density at radius 1 is 1.47 bits per heavy atom. The van der Waals surface area contributed by atoms with E-state index in [0.717, 1.165) is 18.5 Å². The van der Waals surface area contributed by atoms with Crippen LogP contribution in [0.4, 0.5) is 5.69 Å². The molecule has 0 saturated carbocycles. The molecule has 2 rings (SSSR count). The van der Waals surface area contributed by atoms with Gasteiger partial charge in [0.25, 0.3) is 0 Å². The summed E-state index contributed by atoms with van der Waals surface area (Å²) in [5.74, 6) is 0.0194. The minimum atomic E-state index is -0.158. The second-order valence-corrected chi connectivity index (χ2v) is 4.41. The molecule has 1 aromatic carbocycles. The van der Waals surface area contributed by atoms with Crippen LogP contribution in [0.1, 0.15) is 12.0 Å². The van der Waals surface area contributed by atoms with Gasteiger partial charge in [-0.15, -0.1) is 0 Å². The Morgan fingerprint density at radius 3 is 3.00 bits per heavy atom. The Balaban J connectivity index is 2.15. The zero-order valence-corrected chi connectivity index (χ0v) is 10.0. The molecule has 0 aliphatic carbocycles. The third kappa shape index (κ3) is 2.65. The van der Waals surface area contributed by atoms with Crippen molar-refractivity contribution in [1.29, 1.82) is 0 Å². The van der Waals surface area contributed by atoms with Crippen LogP contribution in [0.2, 0.25) is 0 Å². The summed E-state index contributed by atoms with van der Waals surface area (Å²) in [6.07, 6.45) is 1.68. The first-order chi connectivity index (χ1) is 8.22. The van der Waals surface area contributed by atoms with Crippen LogP contribution >= 0.6 is 0 Å². The molecule has 1 unspecified atom stereocenters. The molecule has 1 amide bonds. The number of para-hydroxylation sites is 1. The van der Waals surface area contributed by atoms with Crippen molar-refractivity contribution >= 4 is 11.6 Å². The van der Waals surface area contributed by atoms with E-state index in [1.807, 2.05) is 36.2 Å². The molecule has 1 aliphatic rings. The van der Waals surface area contributed by atoms with E-state index in [2.05, 4.69) is 5.32 Å². The number of benzene rings is 1. The number of nitrogens with one attached hydrogen (secondary N) is 1. The van der Waals surface area contributed by atoms with Crippen molar-refractivity contribution in [2.75, 3.05) is 25.5 Å². The first-order valence-corrected chi connectivity index (χ1v) is 5.92. The topological polar surface area (TPSA) is 52.6 Å². The number of rotatable bonds is 3. The number of likely N-dealkylation sites (N-methyl/N-ethyl adjacent to an activating group) is 1. The number of aliphatic hydroxyl groups is 1. The van der Waals surface area contributed by atoms with Crippen LogP contribution < -0.4 is 5.32 Å². The number of amides is 1. The van der Waals surface area contributed by atoms with Crippen molar-refractivity contribution in [2.45, 2.75) is 18.9 Å². The Hall–Kier alpha value is -1.39. The van der Waals surface area contributed by atoms with Crippen molar-refractivity contribution < 1.29 is 9.90 Å². The Labute approximate surface area is 101 Å². The van der Waals surface area contributed by atoms with Crippen molar-refractivity contribution in [2.24, 2.45) is 0 Å². The summed E-state index contributed by atoms with van der Waals surface area (Å²) in [6, 6.07) is 7.74. The second kappa shape index (κ2) is 5.29. The van der Waals surface area contributed by atoms with E-state index < -0.39 is 0 Å². The summed E-state index contributed by atoms with van der Waals surface area (Å²) in [7, 11) is 1.87. The monoisotopic (exact) mass is 234 g/mol. The first-order valence-electron chi connectivity index (χ1n) is 5.92. The maximum Gasteiger partial charge on any atom is 0.241 e. The summed E-state index contributed by atoms with van der Waals surface area (Å²) in [5, 5.41) is 11.9.